The highest BCUT2D eigenvalue weighted by atomic mass is 31.2. The Kier molecular flexibility index (Phi) is 46.1. The van der Waals surface area contributed by atoms with E-state index in [9.17, 15) is 19.4 Å². The summed E-state index contributed by atoms with van der Waals surface area (Å²) in [6.07, 6.45) is 54.2. The molecule has 0 aliphatic heterocycles. The predicted molar refractivity (Wildman–Crippen MR) is 254 cm³/mol. The van der Waals surface area contributed by atoms with Crippen LogP contribution in [0.15, 0.2) is 12.2 Å². The van der Waals surface area contributed by atoms with Crippen molar-refractivity contribution in [3.05, 3.63) is 12.2 Å². The van der Waals surface area contributed by atoms with Crippen molar-refractivity contribution in [2.45, 2.75) is 283 Å². The van der Waals surface area contributed by atoms with E-state index in [1.54, 1.807) is 6.08 Å². The zero-order chi connectivity index (χ0) is 43.2. The van der Waals surface area contributed by atoms with E-state index >= 15 is 0 Å². The van der Waals surface area contributed by atoms with Gasteiger partial charge in [0.25, 0.3) is 0 Å². The van der Waals surface area contributed by atoms with Gasteiger partial charge in [-0.05, 0) is 19.3 Å². The smallest absolute Gasteiger partial charge is 0.387 e. The SMILES string of the molecule is CCCCCCCCCCCCCCCCCCCC/C=C/C(O)C(COP(=O)(O)OCCN)NC(=O)CCCCCCCCCCCCCCCCCCCCCC. The highest BCUT2D eigenvalue weighted by Crippen LogP contribution is 2.43. The zero-order valence-corrected chi connectivity index (χ0v) is 40.2. The molecule has 0 aliphatic rings. The number of carbonyl (C=O) groups is 1. The van der Waals surface area contributed by atoms with Gasteiger partial charge >= 0.3 is 7.82 Å². The van der Waals surface area contributed by atoms with E-state index in [0.29, 0.717) is 6.42 Å². The van der Waals surface area contributed by atoms with Gasteiger partial charge < -0.3 is 21.1 Å². The van der Waals surface area contributed by atoms with Gasteiger partial charge in [-0.2, -0.15) is 0 Å². The molecule has 0 fully saturated rings. The second kappa shape index (κ2) is 46.7. The van der Waals surface area contributed by atoms with Gasteiger partial charge in [-0.25, -0.2) is 4.57 Å². The number of phosphoric ester groups is 1. The molecule has 9 heteroatoms. The average molecular weight is 857 g/mol. The minimum Gasteiger partial charge on any atom is -0.387 e. The summed E-state index contributed by atoms with van der Waals surface area (Å²) < 4.78 is 22.2. The predicted octanol–water partition coefficient (Wildman–Crippen LogP) is 15.1. The summed E-state index contributed by atoms with van der Waals surface area (Å²) in [4.78, 5) is 22.8. The summed E-state index contributed by atoms with van der Waals surface area (Å²) in [5.74, 6) is -0.187. The van der Waals surface area contributed by atoms with Crippen LogP contribution in [-0.2, 0) is 18.4 Å². The highest BCUT2D eigenvalue weighted by Gasteiger charge is 2.26. The second-order valence-corrected chi connectivity index (χ2v) is 19.2. The Balaban J connectivity index is 4.06. The molecule has 3 atom stereocenters. The van der Waals surface area contributed by atoms with Crippen LogP contribution in [0.5, 0.6) is 0 Å². The summed E-state index contributed by atoms with van der Waals surface area (Å²) in [7, 11) is -4.34. The van der Waals surface area contributed by atoms with Crippen LogP contribution in [0.1, 0.15) is 271 Å². The molecule has 0 bridgehead atoms. The molecule has 59 heavy (non-hydrogen) atoms. The van der Waals surface area contributed by atoms with Crippen molar-refractivity contribution in [1.82, 2.24) is 5.32 Å². The number of aliphatic hydroxyl groups is 1. The monoisotopic (exact) mass is 857 g/mol. The standard InChI is InChI=1S/C50H101N2O6P/c1-3-5-7-9-11-13-15-17-19-21-23-25-27-29-31-33-35-37-39-41-43-49(53)48(47-58-59(55,56)57-46-45-51)52-50(54)44-42-40-38-36-34-32-30-28-26-24-22-20-18-16-14-12-10-8-6-4-2/h41,43,48-49,53H,3-40,42,44-47,51H2,1-2H3,(H,52,54)(H,55,56)/b43-41+. The van der Waals surface area contributed by atoms with Crippen LogP contribution in [0.2, 0.25) is 0 Å². The Hall–Kier alpha value is -0.760. The number of rotatable bonds is 49. The molecule has 0 spiro atoms. The van der Waals surface area contributed by atoms with Gasteiger partial charge in [0.05, 0.1) is 25.4 Å². The minimum atomic E-state index is -4.34. The van der Waals surface area contributed by atoms with E-state index in [1.165, 1.54) is 212 Å². The molecule has 0 radical (unpaired) electrons. The van der Waals surface area contributed by atoms with Gasteiger partial charge in [0, 0.05) is 13.0 Å². The highest BCUT2D eigenvalue weighted by molar-refractivity contribution is 7.47. The molecule has 352 valence electrons. The van der Waals surface area contributed by atoms with Crippen LogP contribution in [-0.4, -0.2) is 47.8 Å². The Morgan fingerprint density at radius 1 is 0.542 bits per heavy atom. The van der Waals surface area contributed by atoms with Crippen molar-refractivity contribution >= 4 is 13.7 Å². The quantitative estimate of drug-likeness (QED) is 0.0272. The molecule has 5 N–H and O–H groups in total. The topological polar surface area (TPSA) is 131 Å². The lowest BCUT2D eigenvalue weighted by molar-refractivity contribution is -0.123. The Morgan fingerprint density at radius 2 is 0.864 bits per heavy atom. The molecule has 0 saturated carbocycles. The number of nitrogens with one attached hydrogen (secondary N) is 1. The molecular formula is C50H101N2O6P. The molecule has 0 aromatic rings. The maximum absolute atomic E-state index is 12.8. The Labute approximate surface area is 366 Å². The van der Waals surface area contributed by atoms with Crippen molar-refractivity contribution < 1.29 is 28.4 Å². The molecule has 0 aromatic heterocycles. The number of aliphatic hydroxyl groups excluding tert-OH is 1. The lowest BCUT2D eigenvalue weighted by Crippen LogP contribution is -2.45. The summed E-state index contributed by atoms with van der Waals surface area (Å²) in [5, 5.41) is 13.7. The van der Waals surface area contributed by atoms with Gasteiger partial charge in [0.15, 0.2) is 0 Å². The average Bonchev–Trinajstić information content (AvgIpc) is 3.22. The summed E-state index contributed by atoms with van der Waals surface area (Å²) in [6, 6.07) is -0.855. The van der Waals surface area contributed by atoms with E-state index in [-0.39, 0.29) is 25.7 Å². The third kappa shape index (κ3) is 45.1. The van der Waals surface area contributed by atoms with E-state index in [0.717, 1.165) is 38.5 Å². The summed E-state index contributed by atoms with van der Waals surface area (Å²) in [5.41, 5.74) is 5.39. The molecular weight excluding hydrogens is 756 g/mol. The minimum absolute atomic E-state index is 0.0817. The van der Waals surface area contributed by atoms with Crippen LogP contribution >= 0.6 is 7.82 Å². The molecule has 0 aromatic carbocycles. The van der Waals surface area contributed by atoms with Gasteiger partial charge in [0.2, 0.25) is 5.91 Å². The van der Waals surface area contributed by atoms with Gasteiger partial charge in [0.1, 0.15) is 0 Å². The number of carbonyl (C=O) groups excluding carboxylic acids is 1. The third-order valence-electron chi connectivity index (χ3n) is 11.9. The molecule has 8 nitrogen and oxygen atoms in total. The van der Waals surface area contributed by atoms with Crippen LogP contribution in [0.4, 0.5) is 0 Å². The third-order valence-corrected chi connectivity index (χ3v) is 12.8. The number of hydrogen-bond acceptors (Lipinski definition) is 6. The van der Waals surface area contributed by atoms with Crippen LogP contribution in [0.3, 0.4) is 0 Å². The van der Waals surface area contributed by atoms with Gasteiger partial charge in [-0.1, -0.05) is 257 Å². The first kappa shape index (κ1) is 58.2. The fourth-order valence-corrected chi connectivity index (χ4v) is 8.72. The normalized spacial score (nSPS) is 13.9. The Bertz CT molecular complexity index is 937. The number of unbranched alkanes of at least 4 members (excludes halogenated alkanes) is 37. The molecule has 1 amide bonds. The van der Waals surface area contributed by atoms with E-state index in [2.05, 4.69) is 19.2 Å². The summed E-state index contributed by atoms with van der Waals surface area (Å²) >= 11 is 0. The number of amides is 1. The van der Waals surface area contributed by atoms with Crippen LogP contribution in [0.25, 0.3) is 0 Å². The van der Waals surface area contributed by atoms with Crippen LogP contribution in [0, 0.1) is 0 Å². The van der Waals surface area contributed by atoms with E-state index in [4.69, 9.17) is 14.8 Å². The van der Waals surface area contributed by atoms with E-state index in [1.807, 2.05) is 6.08 Å². The number of allylic oxidation sites excluding steroid dienone is 1. The van der Waals surface area contributed by atoms with Crippen molar-refractivity contribution in [3.63, 3.8) is 0 Å². The number of nitrogens with two attached hydrogens (primary N) is 1. The fourth-order valence-electron chi connectivity index (χ4n) is 7.96. The summed E-state index contributed by atoms with van der Waals surface area (Å²) in [6.45, 7) is 4.19. The second-order valence-electron chi connectivity index (χ2n) is 17.7. The fraction of sp³-hybridized carbons (Fsp3) is 0.940. The van der Waals surface area contributed by atoms with Gasteiger partial charge in [-0.3, -0.25) is 13.8 Å². The maximum atomic E-state index is 12.8. The van der Waals surface area contributed by atoms with Crippen molar-refractivity contribution in [2.24, 2.45) is 5.73 Å². The van der Waals surface area contributed by atoms with Crippen LogP contribution < -0.4 is 11.1 Å². The van der Waals surface area contributed by atoms with Crippen molar-refractivity contribution in [2.75, 3.05) is 19.8 Å². The zero-order valence-electron chi connectivity index (χ0n) is 39.3. The number of hydrogen-bond donors (Lipinski definition) is 4. The molecule has 3 unspecified atom stereocenters. The van der Waals surface area contributed by atoms with Crippen molar-refractivity contribution in [1.29, 1.82) is 0 Å². The molecule has 0 rings (SSSR count). The molecule has 0 aliphatic carbocycles. The molecule has 0 heterocycles. The maximum Gasteiger partial charge on any atom is 0.472 e. The molecule has 0 saturated heterocycles. The first-order valence-electron chi connectivity index (χ1n) is 25.8. The Morgan fingerprint density at radius 3 is 1.20 bits per heavy atom. The first-order chi connectivity index (χ1) is 28.9. The lowest BCUT2D eigenvalue weighted by atomic mass is 10.0. The van der Waals surface area contributed by atoms with E-state index < -0.39 is 20.0 Å². The number of phosphoric acid groups is 1. The lowest BCUT2D eigenvalue weighted by Gasteiger charge is -2.23. The largest absolute Gasteiger partial charge is 0.472 e. The van der Waals surface area contributed by atoms with Crippen molar-refractivity contribution in [3.8, 4) is 0 Å². The first-order valence-corrected chi connectivity index (χ1v) is 27.3. The van der Waals surface area contributed by atoms with Gasteiger partial charge in [-0.15, -0.1) is 0 Å².